The number of nitrogens with one attached hydrogen (secondary N) is 1. The zero-order valence-electron chi connectivity index (χ0n) is 4.31. The Morgan fingerprint density at radius 3 is 3.14 bits per heavy atom. The molecule has 0 radical (unpaired) electrons. The smallest absolute Gasteiger partial charge is 0.0519 e. The molecule has 0 unspecified atom stereocenters. The molecule has 0 aliphatic heterocycles. The largest absolute Gasteiger partial charge is 0.285 e. The van der Waals surface area contributed by atoms with Gasteiger partial charge in [-0.3, -0.25) is 5.10 Å². The molecule has 2 nitrogen and oxygen atoms in total. The van der Waals surface area contributed by atoms with Crippen molar-refractivity contribution in [3.8, 4) is 0 Å². The van der Waals surface area contributed by atoms with Gasteiger partial charge in [-0.2, -0.15) is 5.10 Å². The Morgan fingerprint density at radius 1 is 2.00 bits per heavy atom. The lowest BCUT2D eigenvalue weighted by molar-refractivity contribution is 1.09. The van der Waals surface area contributed by atoms with Crippen molar-refractivity contribution in [3.63, 3.8) is 0 Å². The maximum absolute atomic E-state index is 3.77. The lowest BCUT2D eigenvalue weighted by Crippen LogP contribution is -1.67. The van der Waals surface area contributed by atoms with Crippen molar-refractivity contribution in [2.45, 2.75) is 13.3 Å². The summed E-state index contributed by atoms with van der Waals surface area (Å²) in [5.74, 6) is 0. The predicted octanol–water partition coefficient (Wildman–Crippen LogP) is 1.22. The van der Waals surface area contributed by atoms with Crippen LogP contribution in [0.4, 0.5) is 0 Å². The van der Waals surface area contributed by atoms with Crippen molar-refractivity contribution in [1.82, 2.24) is 10.2 Å². The molecular formula is C5H10N2. The maximum atomic E-state index is 3.77. The van der Waals surface area contributed by atoms with E-state index in [2.05, 4.69) is 17.1 Å². The monoisotopic (exact) mass is 98.1 g/mol. The third-order valence-corrected chi connectivity index (χ3v) is 0.963. The molecule has 7 heavy (non-hydrogen) atoms. The molecule has 0 saturated heterocycles. The molecule has 0 saturated carbocycles. The average molecular weight is 98.1 g/mol. The average Bonchev–Trinajstić information content (AvgIpc) is 2.14. The fraction of sp³-hybridized carbons (Fsp3) is 0.400. The summed E-state index contributed by atoms with van der Waals surface area (Å²) < 4.78 is 0. The normalized spacial score (nSPS) is 9.29. The van der Waals surface area contributed by atoms with Gasteiger partial charge in [-0.15, -0.1) is 0 Å². The Hall–Kier alpha value is -0.790. The molecule has 0 aliphatic rings. The molecule has 2 heteroatoms. The van der Waals surface area contributed by atoms with E-state index in [-0.39, 0.29) is 1.43 Å². The number of aromatic amines is 1. The van der Waals surface area contributed by atoms with Crippen LogP contribution in [0.25, 0.3) is 0 Å². The Balaban J connectivity index is 0.000000490. The van der Waals surface area contributed by atoms with Gasteiger partial charge in [-0.1, -0.05) is 6.92 Å². The summed E-state index contributed by atoms with van der Waals surface area (Å²) in [5.41, 5.74) is 1.26. The van der Waals surface area contributed by atoms with Gasteiger partial charge in [0.25, 0.3) is 0 Å². The van der Waals surface area contributed by atoms with Gasteiger partial charge in [0.05, 0.1) is 6.20 Å². The van der Waals surface area contributed by atoms with E-state index in [1.165, 1.54) is 5.56 Å². The van der Waals surface area contributed by atoms with Crippen LogP contribution in [-0.2, 0) is 6.42 Å². The highest BCUT2D eigenvalue weighted by atomic mass is 15.1. The first-order chi connectivity index (χ1) is 3.43. The van der Waals surface area contributed by atoms with E-state index in [0.717, 1.165) is 6.42 Å². The molecule has 1 N–H and O–H groups in total. The summed E-state index contributed by atoms with van der Waals surface area (Å²) in [4.78, 5) is 0. The Bertz CT molecular complexity index is 125. The van der Waals surface area contributed by atoms with E-state index in [1.54, 1.807) is 0 Å². The van der Waals surface area contributed by atoms with Gasteiger partial charge in [-0.05, 0) is 12.0 Å². The Labute approximate surface area is 44.0 Å². The highest BCUT2D eigenvalue weighted by Crippen LogP contribution is 1.91. The lowest BCUT2D eigenvalue weighted by Gasteiger charge is -1.76. The van der Waals surface area contributed by atoms with Crippen LogP contribution >= 0.6 is 0 Å². The predicted molar refractivity (Wildman–Crippen MR) is 30.1 cm³/mol. The van der Waals surface area contributed by atoms with E-state index in [0.29, 0.717) is 0 Å². The third-order valence-electron chi connectivity index (χ3n) is 0.963. The number of rotatable bonds is 1. The molecule has 0 fully saturated rings. The van der Waals surface area contributed by atoms with Crippen molar-refractivity contribution in [2.24, 2.45) is 0 Å². The molecule has 0 atom stereocenters. The molecule has 0 aromatic carbocycles. The molecule has 0 amide bonds. The van der Waals surface area contributed by atoms with E-state index in [9.17, 15) is 0 Å². The van der Waals surface area contributed by atoms with Crippen LogP contribution in [0.2, 0.25) is 0 Å². The third kappa shape index (κ3) is 0.796. The van der Waals surface area contributed by atoms with Crippen molar-refractivity contribution in [3.05, 3.63) is 18.0 Å². The molecule has 0 aliphatic carbocycles. The van der Waals surface area contributed by atoms with Crippen LogP contribution in [0.5, 0.6) is 0 Å². The maximum Gasteiger partial charge on any atom is 0.0519 e. The van der Waals surface area contributed by atoms with Gasteiger partial charge in [0.1, 0.15) is 0 Å². The van der Waals surface area contributed by atoms with Crippen LogP contribution in [0.15, 0.2) is 12.4 Å². The SMILES string of the molecule is CCc1cn[nH]c1.[HH]. The first-order valence-corrected chi connectivity index (χ1v) is 2.41. The summed E-state index contributed by atoms with van der Waals surface area (Å²) in [6, 6.07) is 0. The fourth-order valence-electron chi connectivity index (χ4n) is 0.471. The van der Waals surface area contributed by atoms with Crippen molar-refractivity contribution in [1.29, 1.82) is 0 Å². The zero-order valence-corrected chi connectivity index (χ0v) is 4.31. The Morgan fingerprint density at radius 2 is 2.86 bits per heavy atom. The number of aromatic nitrogens is 2. The molecule has 1 rings (SSSR count). The highest BCUT2D eigenvalue weighted by Gasteiger charge is 1.82. The second kappa shape index (κ2) is 1.78. The lowest BCUT2D eigenvalue weighted by atomic mass is 10.3. The first-order valence-electron chi connectivity index (χ1n) is 2.41. The zero-order chi connectivity index (χ0) is 5.11. The quantitative estimate of drug-likeness (QED) is 0.562. The van der Waals surface area contributed by atoms with Crippen LogP contribution in [0, 0.1) is 0 Å². The van der Waals surface area contributed by atoms with Crippen LogP contribution in [0.1, 0.15) is 13.9 Å². The van der Waals surface area contributed by atoms with E-state index >= 15 is 0 Å². The van der Waals surface area contributed by atoms with Crippen LogP contribution in [-0.4, -0.2) is 10.2 Å². The van der Waals surface area contributed by atoms with Crippen molar-refractivity contribution >= 4 is 0 Å². The minimum absolute atomic E-state index is 0. The van der Waals surface area contributed by atoms with Crippen LogP contribution in [0.3, 0.4) is 0 Å². The second-order valence-corrected chi connectivity index (χ2v) is 1.46. The second-order valence-electron chi connectivity index (χ2n) is 1.46. The molecule has 1 aromatic rings. The van der Waals surface area contributed by atoms with Gasteiger partial charge in [-0.25, -0.2) is 0 Å². The number of H-pyrrole nitrogens is 1. The summed E-state index contributed by atoms with van der Waals surface area (Å²) in [7, 11) is 0. The topological polar surface area (TPSA) is 28.7 Å². The molecule has 40 valence electrons. The summed E-state index contributed by atoms with van der Waals surface area (Å²) in [6.45, 7) is 2.10. The summed E-state index contributed by atoms with van der Waals surface area (Å²) >= 11 is 0. The number of aryl methyl sites for hydroxylation is 1. The number of hydrogen-bond donors (Lipinski definition) is 1. The minimum Gasteiger partial charge on any atom is -0.285 e. The first kappa shape index (κ1) is 4.37. The van der Waals surface area contributed by atoms with Crippen molar-refractivity contribution < 1.29 is 1.43 Å². The highest BCUT2D eigenvalue weighted by molar-refractivity contribution is 5.00. The summed E-state index contributed by atoms with van der Waals surface area (Å²) in [5, 5.41) is 6.50. The standard InChI is InChI=1S/C5H8N2.H2/c1-2-5-3-6-7-4-5;/h3-4H,2H2,1H3,(H,6,7);1H. The van der Waals surface area contributed by atoms with E-state index in [4.69, 9.17) is 0 Å². The van der Waals surface area contributed by atoms with Gasteiger partial charge in [0, 0.05) is 7.62 Å². The van der Waals surface area contributed by atoms with Gasteiger partial charge < -0.3 is 0 Å². The van der Waals surface area contributed by atoms with E-state index < -0.39 is 0 Å². The molecule has 1 heterocycles. The van der Waals surface area contributed by atoms with E-state index in [1.807, 2.05) is 12.4 Å². The van der Waals surface area contributed by atoms with Crippen LogP contribution < -0.4 is 0 Å². The molecule has 0 bridgehead atoms. The van der Waals surface area contributed by atoms with Gasteiger partial charge >= 0.3 is 0 Å². The Kier molecular flexibility index (Phi) is 1.11. The number of nitrogens with zero attached hydrogens (tertiary/aromatic N) is 1. The number of hydrogen-bond acceptors (Lipinski definition) is 1. The molecule has 0 spiro atoms. The minimum atomic E-state index is 0. The van der Waals surface area contributed by atoms with Gasteiger partial charge in [0.2, 0.25) is 0 Å². The summed E-state index contributed by atoms with van der Waals surface area (Å²) in [6.07, 6.45) is 4.80. The van der Waals surface area contributed by atoms with Gasteiger partial charge in [0.15, 0.2) is 0 Å². The fourth-order valence-corrected chi connectivity index (χ4v) is 0.471. The molecule has 1 aromatic heterocycles. The molecular weight excluding hydrogens is 88.1 g/mol. The van der Waals surface area contributed by atoms with Crippen molar-refractivity contribution in [2.75, 3.05) is 0 Å².